The van der Waals surface area contributed by atoms with Gasteiger partial charge in [-0.25, -0.2) is 13.4 Å². The molecule has 1 heterocycles. The summed E-state index contributed by atoms with van der Waals surface area (Å²) in [6, 6.07) is 5.06. The van der Waals surface area contributed by atoms with Gasteiger partial charge in [0.05, 0.1) is 6.07 Å². The minimum absolute atomic E-state index is 0.235. The zero-order chi connectivity index (χ0) is 12.2. The van der Waals surface area contributed by atoms with Gasteiger partial charge in [0.25, 0.3) is 0 Å². The zero-order valence-corrected chi connectivity index (χ0v) is 9.95. The first-order valence-electron chi connectivity index (χ1n) is 4.83. The largest absolute Gasteiger partial charge is 0.266 e. The SMILES string of the molecule is CCC(C#N)S(=O)(=O)Nc1ccc(C)cn1. The predicted molar refractivity (Wildman–Crippen MR) is 61.2 cm³/mol. The van der Waals surface area contributed by atoms with E-state index in [4.69, 9.17) is 5.26 Å². The molecule has 16 heavy (non-hydrogen) atoms. The highest BCUT2D eigenvalue weighted by Gasteiger charge is 2.23. The van der Waals surface area contributed by atoms with E-state index >= 15 is 0 Å². The van der Waals surface area contributed by atoms with E-state index in [-0.39, 0.29) is 12.2 Å². The van der Waals surface area contributed by atoms with Crippen molar-refractivity contribution < 1.29 is 8.42 Å². The maximum absolute atomic E-state index is 11.7. The fraction of sp³-hybridized carbons (Fsp3) is 0.400. The lowest BCUT2D eigenvalue weighted by Gasteiger charge is -2.10. The van der Waals surface area contributed by atoms with Gasteiger partial charge in [0.1, 0.15) is 5.82 Å². The highest BCUT2D eigenvalue weighted by molar-refractivity contribution is 7.93. The molecule has 0 saturated heterocycles. The lowest BCUT2D eigenvalue weighted by atomic mass is 10.3. The molecule has 0 radical (unpaired) electrons. The summed E-state index contributed by atoms with van der Waals surface area (Å²) in [5, 5.41) is 7.65. The lowest BCUT2D eigenvalue weighted by molar-refractivity contribution is 0.592. The first-order valence-corrected chi connectivity index (χ1v) is 6.38. The van der Waals surface area contributed by atoms with Crippen molar-refractivity contribution in [2.75, 3.05) is 4.72 Å². The maximum atomic E-state index is 11.7. The number of aryl methyl sites for hydroxylation is 1. The van der Waals surface area contributed by atoms with Gasteiger partial charge in [-0.2, -0.15) is 5.26 Å². The summed E-state index contributed by atoms with van der Waals surface area (Å²) in [6.45, 7) is 3.51. The number of sulfonamides is 1. The van der Waals surface area contributed by atoms with E-state index in [1.54, 1.807) is 31.3 Å². The van der Waals surface area contributed by atoms with Crippen LogP contribution < -0.4 is 4.72 Å². The molecule has 1 rings (SSSR count). The van der Waals surface area contributed by atoms with Crippen LogP contribution in [0.4, 0.5) is 5.82 Å². The summed E-state index contributed by atoms with van der Waals surface area (Å²) in [4.78, 5) is 3.91. The molecule has 1 unspecified atom stereocenters. The van der Waals surface area contributed by atoms with Crippen LogP contribution in [0.2, 0.25) is 0 Å². The minimum atomic E-state index is -3.66. The Morgan fingerprint density at radius 2 is 2.25 bits per heavy atom. The number of nitrogens with zero attached hydrogens (tertiary/aromatic N) is 2. The van der Waals surface area contributed by atoms with E-state index in [9.17, 15) is 8.42 Å². The van der Waals surface area contributed by atoms with Crippen molar-refractivity contribution in [1.29, 1.82) is 5.26 Å². The molecule has 0 aromatic carbocycles. The Balaban J connectivity index is 2.89. The van der Waals surface area contributed by atoms with E-state index in [1.165, 1.54) is 0 Å². The van der Waals surface area contributed by atoms with Gasteiger partial charge in [0.2, 0.25) is 10.0 Å². The van der Waals surface area contributed by atoms with Gasteiger partial charge in [-0.3, -0.25) is 4.72 Å². The molecule has 1 aromatic heterocycles. The Labute approximate surface area is 95.2 Å². The Bertz CT molecular complexity index is 488. The van der Waals surface area contributed by atoms with Crippen LogP contribution in [0.5, 0.6) is 0 Å². The second-order valence-corrected chi connectivity index (χ2v) is 5.26. The van der Waals surface area contributed by atoms with Crippen LogP contribution in [-0.4, -0.2) is 18.7 Å². The summed E-state index contributed by atoms with van der Waals surface area (Å²) < 4.78 is 25.6. The van der Waals surface area contributed by atoms with Crippen LogP contribution in [0.3, 0.4) is 0 Å². The third-order valence-electron chi connectivity index (χ3n) is 2.05. The topological polar surface area (TPSA) is 82.8 Å². The molecule has 6 heteroatoms. The van der Waals surface area contributed by atoms with E-state index < -0.39 is 15.3 Å². The number of nitriles is 1. The Morgan fingerprint density at radius 3 is 2.69 bits per heavy atom. The Morgan fingerprint density at radius 1 is 1.56 bits per heavy atom. The second-order valence-electron chi connectivity index (χ2n) is 3.39. The smallest absolute Gasteiger partial charge is 0.250 e. The average molecular weight is 239 g/mol. The van der Waals surface area contributed by atoms with Gasteiger partial charge < -0.3 is 0 Å². The molecule has 0 saturated carbocycles. The molecule has 0 aliphatic rings. The van der Waals surface area contributed by atoms with Crippen LogP contribution in [-0.2, 0) is 10.0 Å². The van der Waals surface area contributed by atoms with Crippen LogP contribution in [0.25, 0.3) is 0 Å². The van der Waals surface area contributed by atoms with Crippen LogP contribution in [0.15, 0.2) is 18.3 Å². The van der Waals surface area contributed by atoms with Crippen molar-refractivity contribution in [2.45, 2.75) is 25.5 Å². The fourth-order valence-corrected chi connectivity index (χ4v) is 2.26. The molecule has 0 amide bonds. The molecular formula is C10H13N3O2S. The molecule has 1 aromatic rings. The van der Waals surface area contributed by atoms with Crippen molar-refractivity contribution in [3.63, 3.8) is 0 Å². The molecule has 86 valence electrons. The summed E-state index contributed by atoms with van der Waals surface area (Å²) in [6.07, 6.45) is 1.81. The number of rotatable bonds is 4. The standard InChI is InChI=1S/C10H13N3O2S/c1-3-9(6-11)16(14,15)13-10-5-4-8(2)7-12-10/h4-5,7,9H,3H2,1-2H3,(H,12,13). The summed E-state index contributed by atoms with van der Waals surface area (Å²) >= 11 is 0. The van der Waals surface area contributed by atoms with Gasteiger partial charge in [0.15, 0.2) is 5.25 Å². The molecule has 1 atom stereocenters. The number of nitrogens with one attached hydrogen (secondary N) is 1. The molecule has 1 N–H and O–H groups in total. The number of hydrogen-bond acceptors (Lipinski definition) is 4. The van der Waals surface area contributed by atoms with Crippen molar-refractivity contribution in [3.8, 4) is 6.07 Å². The molecule has 0 aliphatic carbocycles. The van der Waals surface area contributed by atoms with Crippen molar-refractivity contribution >= 4 is 15.8 Å². The number of hydrogen-bond donors (Lipinski definition) is 1. The molecule has 5 nitrogen and oxygen atoms in total. The quantitative estimate of drug-likeness (QED) is 0.861. The fourth-order valence-electron chi connectivity index (χ4n) is 1.13. The Kier molecular flexibility index (Phi) is 3.85. The van der Waals surface area contributed by atoms with Gasteiger partial charge in [0, 0.05) is 6.20 Å². The van der Waals surface area contributed by atoms with Gasteiger partial charge in [-0.15, -0.1) is 0 Å². The molecule has 0 fully saturated rings. The third-order valence-corrected chi connectivity index (χ3v) is 3.73. The monoisotopic (exact) mass is 239 g/mol. The van der Waals surface area contributed by atoms with E-state index in [0.29, 0.717) is 0 Å². The van der Waals surface area contributed by atoms with Gasteiger partial charge >= 0.3 is 0 Å². The normalized spacial score (nSPS) is 12.8. The molecular weight excluding hydrogens is 226 g/mol. The number of anilines is 1. The third kappa shape index (κ3) is 2.94. The van der Waals surface area contributed by atoms with E-state index in [1.807, 2.05) is 6.92 Å². The van der Waals surface area contributed by atoms with Gasteiger partial charge in [-0.05, 0) is 25.0 Å². The Hall–Kier alpha value is -1.61. The first-order chi connectivity index (χ1) is 7.49. The second kappa shape index (κ2) is 4.94. The molecule has 0 spiro atoms. The van der Waals surface area contributed by atoms with Crippen LogP contribution in [0.1, 0.15) is 18.9 Å². The lowest BCUT2D eigenvalue weighted by Crippen LogP contribution is -2.26. The number of pyridine rings is 1. The first kappa shape index (κ1) is 12.5. The molecule has 0 aliphatic heterocycles. The highest BCUT2D eigenvalue weighted by atomic mass is 32.2. The van der Waals surface area contributed by atoms with Crippen LogP contribution >= 0.6 is 0 Å². The number of aromatic nitrogens is 1. The van der Waals surface area contributed by atoms with E-state index in [0.717, 1.165) is 5.56 Å². The van der Waals surface area contributed by atoms with Gasteiger partial charge in [-0.1, -0.05) is 13.0 Å². The van der Waals surface area contributed by atoms with Crippen molar-refractivity contribution in [3.05, 3.63) is 23.9 Å². The van der Waals surface area contributed by atoms with Crippen molar-refractivity contribution in [2.24, 2.45) is 0 Å². The minimum Gasteiger partial charge on any atom is -0.266 e. The summed E-state index contributed by atoms with van der Waals surface area (Å²) in [5.41, 5.74) is 0.940. The van der Waals surface area contributed by atoms with E-state index in [2.05, 4.69) is 9.71 Å². The summed E-state index contributed by atoms with van der Waals surface area (Å²) in [5.74, 6) is 0.235. The predicted octanol–water partition coefficient (Wildman–Crippen LogP) is 1.43. The zero-order valence-electron chi connectivity index (χ0n) is 9.14. The van der Waals surface area contributed by atoms with Crippen molar-refractivity contribution in [1.82, 2.24) is 4.98 Å². The summed E-state index contributed by atoms with van der Waals surface area (Å²) in [7, 11) is -3.66. The highest BCUT2D eigenvalue weighted by Crippen LogP contribution is 2.11. The maximum Gasteiger partial charge on any atom is 0.250 e. The molecule has 0 bridgehead atoms. The average Bonchev–Trinajstić information content (AvgIpc) is 2.22. The van der Waals surface area contributed by atoms with Crippen LogP contribution in [0, 0.1) is 18.3 Å².